The third kappa shape index (κ3) is 11.4. The molecule has 3 saturated heterocycles. The van der Waals surface area contributed by atoms with Gasteiger partial charge in [-0.1, -0.05) is 36.4 Å². The van der Waals surface area contributed by atoms with E-state index in [0.29, 0.717) is 42.1 Å². The molecule has 6 aliphatic rings. The third-order valence-electron chi connectivity index (χ3n) is 18.8. The molecule has 15 rings (SSSR count). The number of fused-ring (bicyclic) bond motifs is 6. The van der Waals surface area contributed by atoms with Crippen molar-refractivity contribution in [3.8, 4) is 17.1 Å². The van der Waals surface area contributed by atoms with Crippen LogP contribution in [-0.2, 0) is 0 Å². The molecule has 3 amide bonds. The highest BCUT2D eigenvalue weighted by Gasteiger charge is 2.52. The summed E-state index contributed by atoms with van der Waals surface area (Å²) in [5, 5.41) is 24.7. The number of piperidine rings is 3. The number of benzene rings is 3. The number of rotatable bonds is 12. The summed E-state index contributed by atoms with van der Waals surface area (Å²) in [5.74, 6) is 2.92. The van der Waals surface area contributed by atoms with Crippen LogP contribution in [0.2, 0.25) is 0 Å². The van der Waals surface area contributed by atoms with Crippen LogP contribution >= 0.6 is 0 Å². The number of likely N-dealkylation sites (tertiary alicyclic amines) is 3. The van der Waals surface area contributed by atoms with Crippen molar-refractivity contribution < 1.29 is 23.2 Å². The van der Waals surface area contributed by atoms with Gasteiger partial charge >= 0.3 is 0 Å². The first-order chi connectivity index (χ1) is 43.1. The van der Waals surface area contributed by atoms with E-state index in [9.17, 15) is 23.2 Å². The summed E-state index contributed by atoms with van der Waals surface area (Å²) in [5.41, 5.74) is 5.89. The molecule has 0 radical (unpaired) electrons. The van der Waals surface area contributed by atoms with E-state index in [2.05, 4.69) is 79.4 Å². The Bertz CT molecular complexity index is 3880. The smallest absolute Gasteiger partial charge is 0.256 e. The minimum absolute atomic E-state index is 0.0559. The first-order valence-corrected chi connectivity index (χ1v) is 30.3. The van der Waals surface area contributed by atoms with Crippen molar-refractivity contribution in [2.75, 3.05) is 55.5 Å². The van der Waals surface area contributed by atoms with Crippen molar-refractivity contribution in [2.24, 2.45) is 17.8 Å². The molecule has 3 aliphatic heterocycles. The van der Waals surface area contributed by atoms with Crippen LogP contribution in [0.25, 0.3) is 17.1 Å². The number of halogens is 2. The lowest BCUT2D eigenvalue weighted by molar-refractivity contribution is 0.0675. The Kier molecular flexibility index (Phi) is 16.0. The number of para-hydroxylation sites is 2. The van der Waals surface area contributed by atoms with E-state index in [0.717, 1.165) is 84.9 Å². The topological polar surface area (TPSA) is 201 Å². The molecule has 0 spiro atoms. The lowest BCUT2D eigenvalue weighted by Crippen LogP contribution is -2.51. The molecule has 9 aromatic rings. The van der Waals surface area contributed by atoms with Crippen LogP contribution in [-0.4, -0.2) is 169 Å². The van der Waals surface area contributed by atoms with Gasteiger partial charge in [-0.3, -0.25) is 14.4 Å². The average molecular weight is 1200 g/mol. The van der Waals surface area contributed by atoms with E-state index in [1.807, 2.05) is 117 Å². The van der Waals surface area contributed by atoms with Gasteiger partial charge in [0, 0.05) is 59.4 Å². The number of hydrogen-bond acceptors (Lipinski definition) is 15. The number of hydrogen-bond donors (Lipinski definition) is 0. The van der Waals surface area contributed by atoms with Crippen LogP contribution in [0.4, 0.5) is 26.2 Å². The van der Waals surface area contributed by atoms with Gasteiger partial charge in [-0.25, -0.2) is 23.7 Å². The van der Waals surface area contributed by atoms with E-state index in [1.54, 1.807) is 30.6 Å². The fourth-order valence-electron chi connectivity index (χ4n) is 14.5. The van der Waals surface area contributed by atoms with Crippen molar-refractivity contribution in [1.29, 1.82) is 0 Å². The van der Waals surface area contributed by atoms with Crippen LogP contribution in [0.1, 0.15) is 86.3 Å². The Morgan fingerprint density at radius 3 is 1.22 bits per heavy atom. The van der Waals surface area contributed by atoms with Crippen LogP contribution in [0, 0.1) is 50.2 Å². The van der Waals surface area contributed by atoms with Crippen molar-refractivity contribution in [3.05, 3.63) is 198 Å². The molecule has 6 bridgehead atoms. The number of carbonyl (C=O) groups is 3. The normalized spacial score (nSPS) is 22.6. The number of aromatic nitrogens is 12. The predicted molar refractivity (Wildman–Crippen MR) is 330 cm³/mol. The van der Waals surface area contributed by atoms with Gasteiger partial charge in [-0.15, -0.1) is 4.80 Å². The molecular weight excluding hydrogens is 1130 g/mol. The Hall–Kier alpha value is -9.80. The van der Waals surface area contributed by atoms with Crippen LogP contribution in [0.15, 0.2) is 153 Å². The highest BCUT2D eigenvalue weighted by atomic mass is 19.1. The Balaban J connectivity index is 0.000000123. The van der Waals surface area contributed by atoms with Gasteiger partial charge in [-0.05, 0) is 154 Å². The second-order valence-electron chi connectivity index (χ2n) is 24.5. The Labute approximate surface area is 514 Å². The first kappa shape index (κ1) is 58.2. The summed E-state index contributed by atoms with van der Waals surface area (Å²) in [6.45, 7) is 8.27. The highest BCUT2D eigenvalue weighted by molar-refractivity contribution is 6.00. The van der Waals surface area contributed by atoms with E-state index >= 15 is 0 Å². The number of likely N-dealkylation sites (N-methyl/N-ethyl adjacent to an activating group) is 3. The number of amides is 3. The van der Waals surface area contributed by atoms with Crippen LogP contribution in [0.3, 0.4) is 0 Å². The van der Waals surface area contributed by atoms with Crippen LogP contribution < -0.4 is 14.7 Å². The molecule has 3 saturated carbocycles. The van der Waals surface area contributed by atoms with Gasteiger partial charge in [0.05, 0.1) is 101 Å². The summed E-state index contributed by atoms with van der Waals surface area (Å²) in [7, 11) is 6.16. The van der Waals surface area contributed by atoms with Gasteiger partial charge in [0.25, 0.3) is 17.7 Å². The predicted octanol–water partition coefficient (Wildman–Crippen LogP) is 8.41. The third-order valence-corrected chi connectivity index (χ3v) is 18.8. The van der Waals surface area contributed by atoms with Gasteiger partial charge in [0.15, 0.2) is 5.82 Å². The number of nitrogens with zero attached hydrogens (tertiary/aromatic N) is 18. The number of carbonyl (C=O) groups excluding carboxylic acids is 3. The zero-order valence-corrected chi connectivity index (χ0v) is 50.5. The Morgan fingerprint density at radius 2 is 0.809 bits per heavy atom. The molecule has 89 heavy (non-hydrogen) atoms. The number of aryl methyl sites for hydroxylation is 3. The zero-order chi connectivity index (χ0) is 61.6. The first-order valence-electron chi connectivity index (χ1n) is 30.3. The van der Waals surface area contributed by atoms with Crippen molar-refractivity contribution in [2.45, 2.75) is 95.5 Å². The largest absolute Gasteiger partial charge is 0.355 e. The zero-order valence-electron chi connectivity index (χ0n) is 50.5. The maximum atomic E-state index is 14.6. The number of anilines is 3. The maximum absolute atomic E-state index is 14.6. The SMILES string of the molecule is Cc1ccc(N(C)C2CC3CC2N(C(=O)c2cc(F)ccc2-n2nccn2)C3)nc1.Cc1ccc(N(C)C2CC3CC2N(C(=O)c2cccc(F)c2-n2nccn2)C3)nc1.Cc1ccc(N(C)C2CC3CC2N(C(=O)c2ccccc2-n2nccn2)C3)nc1. The molecule has 9 atom stereocenters. The van der Waals surface area contributed by atoms with Crippen molar-refractivity contribution in [3.63, 3.8) is 0 Å². The number of pyridine rings is 3. The molecule has 23 heteroatoms. The summed E-state index contributed by atoms with van der Waals surface area (Å²) >= 11 is 0. The van der Waals surface area contributed by atoms with Crippen LogP contribution in [0.5, 0.6) is 0 Å². The summed E-state index contributed by atoms with van der Waals surface area (Å²) < 4.78 is 28.7. The summed E-state index contributed by atoms with van der Waals surface area (Å²) in [4.78, 5) is 70.7. The second kappa shape index (κ2) is 24.4. The molecule has 9 unspecified atom stereocenters. The lowest BCUT2D eigenvalue weighted by Gasteiger charge is -2.39. The molecule has 456 valence electrons. The highest BCUT2D eigenvalue weighted by Crippen LogP contribution is 2.45. The fourth-order valence-corrected chi connectivity index (χ4v) is 14.5. The molecule has 6 aromatic heterocycles. The van der Waals surface area contributed by atoms with Gasteiger partial charge in [0.2, 0.25) is 0 Å². The van der Waals surface area contributed by atoms with Gasteiger partial charge < -0.3 is 29.4 Å². The van der Waals surface area contributed by atoms with E-state index in [-0.39, 0.29) is 70.8 Å². The summed E-state index contributed by atoms with van der Waals surface area (Å²) in [6.07, 6.45) is 21.0. The fraction of sp³-hybridized carbons (Fsp3) is 0.364. The second-order valence-corrected chi connectivity index (χ2v) is 24.5. The van der Waals surface area contributed by atoms with Crippen molar-refractivity contribution in [1.82, 2.24) is 74.6 Å². The van der Waals surface area contributed by atoms with Crippen molar-refractivity contribution >= 4 is 35.2 Å². The molecule has 3 aromatic carbocycles. The van der Waals surface area contributed by atoms with Gasteiger partial charge in [-0.2, -0.15) is 40.2 Å². The quantitative estimate of drug-likeness (QED) is 0.113. The van der Waals surface area contributed by atoms with E-state index < -0.39 is 11.6 Å². The molecule has 21 nitrogen and oxygen atoms in total. The molecule has 6 fully saturated rings. The average Bonchev–Trinajstić information content (AvgIpc) is 1.82. The molecule has 9 heterocycles. The minimum Gasteiger partial charge on any atom is -0.355 e. The van der Waals surface area contributed by atoms with Gasteiger partial charge in [0.1, 0.15) is 29.0 Å². The standard InChI is InChI=1S/2C22H23FN6O.C22H24N6O/c1-14-3-6-21(24-12-14)27(2)19-9-15-10-20(19)28(13-15)22(30)17-11-16(23)4-5-18(17)29-25-7-8-26-29;1-14-6-7-20(24-12-14)27(2)18-10-15-11-19(18)28(13-15)22(30)16-4-3-5-17(23)21(16)29-25-8-9-26-29;1-15-7-8-21(23-13-15)26(2)19-11-16-12-20(19)27(14-16)22(29)17-5-3-4-6-18(17)28-24-9-10-25-28/h3-8,11-12,15,19-20H,9-10,13H2,1-2H3;3-9,12,15,18-19H,10-11,13H2,1-2H3;3-10,13,16,19-20H,11-12,14H2,1-2H3. The maximum Gasteiger partial charge on any atom is 0.256 e. The molecule has 3 aliphatic carbocycles. The minimum atomic E-state index is -0.515. The Morgan fingerprint density at radius 1 is 0.427 bits per heavy atom. The lowest BCUT2D eigenvalue weighted by atomic mass is 10.0. The molecule has 0 N–H and O–H groups in total. The monoisotopic (exact) mass is 1200 g/mol. The summed E-state index contributed by atoms with van der Waals surface area (Å²) in [6, 6.07) is 29.5. The molecular formula is C66H70F2N18O3. The van der Waals surface area contributed by atoms with E-state index in [4.69, 9.17) is 0 Å². The van der Waals surface area contributed by atoms with E-state index in [1.165, 1.54) is 57.4 Å².